The van der Waals surface area contributed by atoms with E-state index < -0.39 is 12.2 Å². The SMILES string of the molecule is CCCN1c2ccccc2SN(CC)C1C(=O)N[C@H](C=O)Cc1ccccc1. The number of amides is 1. The third kappa shape index (κ3) is 4.56. The summed E-state index contributed by atoms with van der Waals surface area (Å²) >= 11 is 1.60. The topological polar surface area (TPSA) is 52.6 Å². The molecule has 5 nitrogen and oxygen atoms in total. The Labute approximate surface area is 171 Å². The Bertz CT molecular complexity index is 799. The second-order valence-electron chi connectivity index (χ2n) is 6.80. The number of carbonyl (C=O) groups is 2. The lowest BCUT2D eigenvalue weighted by molar-refractivity contribution is -0.127. The maximum atomic E-state index is 13.3. The second kappa shape index (κ2) is 9.75. The summed E-state index contributed by atoms with van der Waals surface area (Å²) in [6, 6.07) is 17.4. The van der Waals surface area contributed by atoms with Crippen molar-refractivity contribution in [2.75, 3.05) is 18.0 Å². The summed E-state index contributed by atoms with van der Waals surface area (Å²) in [4.78, 5) is 28.2. The van der Waals surface area contributed by atoms with Crippen LogP contribution < -0.4 is 10.2 Å². The van der Waals surface area contributed by atoms with Crippen LogP contribution in [0.2, 0.25) is 0 Å². The van der Waals surface area contributed by atoms with Crippen LogP contribution in [0.25, 0.3) is 0 Å². The summed E-state index contributed by atoms with van der Waals surface area (Å²) < 4.78 is 2.08. The molecule has 0 aromatic heterocycles. The lowest BCUT2D eigenvalue weighted by Gasteiger charge is -2.43. The van der Waals surface area contributed by atoms with Gasteiger partial charge in [-0.3, -0.25) is 4.79 Å². The molecule has 1 amide bonds. The summed E-state index contributed by atoms with van der Waals surface area (Å²) in [6.07, 6.45) is 1.81. The molecule has 0 saturated heterocycles. The number of nitrogens with zero attached hydrogens (tertiary/aromatic N) is 2. The van der Waals surface area contributed by atoms with E-state index in [1.807, 2.05) is 49.4 Å². The van der Waals surface area contributed by atoms with Crippen LogP contribution in [0.15, 0.2) is 59.5 Å². The second-order valence-corrected chi connectivity index (χ2v) is 7.89. The molecule has 148 valence electrons. The van der Waals surface area contributed by atoms with Gasteiger partial charge in [0.1, 0.15) is 6.29 Å². The van der Waals surface area contributed by atoms with Gasteiger partial charge in [-0.25, -0.2) is 4.31 Å². The van der Waals surface area contributed by atoms with Gasteiger partial charge in [-0.05, 0) is 42.5 Å². The number of hydrogen-bond acceptors (Lipinski definition) is 5. The van der Waals surface area contributed by atoms with Gasteiger partial charge < -0.3 is 15.0 Å². The van der Waals surface area contributed by atoms with E-state index in [1.165, 1.54) is 0 Å². The van der Waals surface area contributed by atoms with Gasteiger partial charge in [-0.1, -0.05) is 56.3 Å². The van der Waals surface area contributed by atoms with Crippen molar-refractivity contribution in [2.45, 2.75) is 43.8 Å². The fraction of sp³-hybridized carbons (Fsp3) is 0.364. The molecular formula is C22H27N3O2S. The highest BCUT2D eigenvalue weighted by atomic mass is 32.2. The normalized spacial score (nSPS) is 17.6. The molecule has 3 rings (SSSR count). The summed E-state index contributed by atoms with van der Waals surface area (Å²) in [6.45, 7) is 5.66. The van der Waals surface area contributed by atoms with E-state index in [9.17, 15) is 9.59 Å². The average molecular weight is 398 g/mol. The van der Waals surface area contributed by atoms with Crippen LogP contribution >= 0.6 is 11.9 Å². The van der Waals surface area contributed by atoms with Gasteiger partial charge in [-0.15, -0.1) is 0 Å². The molecule has 1 heterocycles. The fourth-order valence-corrected chi connectivity index (χ4v) is 4.60. The van der Waals surface area contributed by atoms with E-state index in [4.69, 9.17) is 0 Å². The third-order valence-corrected chi connectivity index (χ3v) is 5.99. The first kappa shape index (κ1) is 20.4. The van der Waals surface area contributed by atoms with Crippen molar-refractivity contribution < 1.29 is 9.59 Å². The van der Waals surface area contributed by atoms with Crippen LogP contribution in [-0.2, 0) is 16.0 Å². The monoisotopic (exact) mass is 397 g/mol. The molecule has 2 aromatic rings. The highest BCUT2D eigenvalue weighted by molar-refractivity contribution is 7.97. The Hall–Kier alpha value is -2.31. The van der Waals surface area contributed by atoms with Crippen molar-refractivity contribution in [3.8, 4) is 0 Å². The molecule has 2 atom stereocenters. The standard InChI is InChI=1S/C22H27N3O2S/c1-3-14-24-19-12-8-9-13-20(19)28-25(4-2)22(24)21(27)23-18(16-26)15-17-10-6-5-7-11-17/h5-13,16,18,22H,3-4,14-15H2,1-2H3,(H,23,27)/t18-,22?/m0/s1. The first-order chi connectivity index (χ1) is 13.7. The molecule has 1 unspecified atom stereocenters. The van der Waals surface area contributed by atoms with Crippen molar-refractivity contribution in [3.63, 3.8) is 0 Å². The number of likely N-dealkylation sites (N-methyl/N-ethyl adjacent to an activating group) is 1. The molecule has 0 bridgehead atoms. The Kier molecular flexibility index (Phi) is 7.12. The highest BCUT2D eigenvalue weighted by Gasteiger charge is 2.37. The maximum absolute atomic E-state index is 13.3. The lowest BCUT2D eigenvalue weighted by Crippen LogP contribution is -2.58. The zero-order valence-corrected chi connectivity index (χ0v) is 17.2. The molecule has 0 saturated carbocycles. The van der Waals surface area contributed by atoms with E-state index in [1.54, 1.807) is 11.9 Å². The Balaban J connectivity index is 1.81. The zero-order valence-electron chi connectivity index (χ0n) is 16.4. The minimum atomic E-state index is -0.542. The number of anilines is 1. The van der Waals surface area contributed by atoms with E-state index in [0.717, 1.165) is 41.9 Å². The number of carbonyl (C=O) groups excluding carboxylic acids is 2. The van der Waals surface area contributed by atoms with Crippen molar-refractivity contribution in [1.82, 2.24) is 9.62 Å². The van der Waals surface area contributed by atoms with Crippen LogP contribution in [-0.4, -0.2) is 41.8 Å². The van der Waals surface area contributed by atoms with E-state index in [-0.39, 0.29) is 5.91 Å². The maximum Gasteiger partial charge on any atom is 0.259 e. The molecule has 1 aliphatic heterocycles. The van der Waals surface area contributed by atoms with Gasteiger partial charge in [-0.2, -0.15) is 0 Å². The molecular weight excluding hydrogens is 370 g/mol. The van der Waals surface area contributed by atoms with Crippen molar-refractivity contribution in [3.05, 3.63) is 60.2 Å². The molecule has 1 N–H and O–H groups in total. The highest BCUT2D eigenvalue weighted by Crippen LogP contribution is 2.40. The Morgan fingerprint density at radius 2 is 1.86 bits per heavy atom. The number of aldehydes is 1. The van der Waals surface area contributed by atoms with Crippen LogP contribution in [0.3, 0.4) is 0 Å². The van der Waals surface area contributed by atoms with Gasteiger partial charge in [0.15, 0.2) is 6.17 Å². The number of fused-ring (bicyclic) bond motifs is 1. The average Bonchev–Trinajstić information content (AvgIpc) is 2.73. The van der Waals surface area contributed by atoms with Gasteiger partial charge in [0.2, 0.25) is 0 Å². The van der Waals surface area contributed by atoms with Gasteiger partial charge in [0, 0.05) is 18.0 Å². The summed E-state index contributed by atoms with van der Waals surface area (Å²) in [5, 5.41) is 2.96. The summed E-state index contributed by atoms with van der Waals surface area (Å²) in [7, 11) is 0. The first-order valence-electron chi connectivity index (χ1n) is 9.77. The molecule has 0 spiro atoms. The van der Waals surface area contributed by atoms with Crippen LogP contribution in [0.1, 0.15) is 25.8 Å². The van der Waals surface area contributed by atoms with Gasteiger partial charge in [0.25, 0.3) is 5.91 Å². The van der Waals surface area contributed by atoms with Crippen LogP contribution in [0.5, 0.6) is 0 Å². The molecule has 0 fully saturated rings. The molecule has 0 aliphatic carbocycles. The summed E-state index contributed by atoms with van der Waals surface area (Å²) in [5.74, 6) is -0.134. The number of benzene rings is 2. The first-order valence-corrected chi connectivity index (χ1v) is 10.5. The van der Waals surface area contributed by atoms with Crippen LogP contribution in [0, 0.1) is 0 Å². The Morgan fingerprint density at radius 3 is 2.54 bits per heavy atom. The van der Waals surface area contributed by atoms with Crippen molar-refractivity contribution in [1.29, 1.82) is 0 Å². The smallest absolute Gasteiger partial charge is 0.259 e. The van der Waals surface area contributed by atoms with Crippen molar-refractivity contribution >= 4 is 29.8 Å². The zero-order chi connectivity index (χ0) is 19.9. The van der Waals surface area contributed by atoms with Gasteiger partial charge in [0.05, 0.1) is 11.7 Å². The number of para-hydroxylation sites is 1. The fourth-order valence-electron chi connectivity index (χ4n) is 3.49. The Morgan fingerprint density at radius 1 is 1.14 bits per heavy atom. The molecule has 0 radical (unpaired) electrons. The number of hydrogen-bond donors (Lipinski definition) is 1. The predicted molar refractivity (Wildman–Crippen MR) is 114 cm³/mol. The summed E-state index contributed by atoms with van der Waals surface area (Å²) in [5.41, 5.74) is 2.10. The van der Waals surface area contributed by atoms with E-state index in [0.29, 0.717) is 6.42 Å². The molecule has 2 aromatic carbocycles. The minimum Gasteiger partial charge on any atom is -0.346 e. The minimum absolute atomic E-state index is 0.134. The van der Waals surface area contributed by atoms with E-state index >= 15 is 0 Å². The predicted octanol–water partition coefficient (Wildman–Crippen LogP) is 3.50. The van der Waals surface area contributed by atoms with E-state index in [2.05, 4.69) is 33.6 Å². The largest absolute Gasteiger partial charge is 0.346 e. The number of nitrogens with one attached hydrogen (secondary N) is 1. The van der Waals surface area contributed by atoms with Gasteiger partial charge >= 0.3 is 0 Å². The van der Waals surface area contributed by atoms with Crippen LogP contribution in [0.4, 0.5) is 5.69 Å². The lowest BCUT2D eigenvalue weighted by atomic mass is 10.1. The molecule has 28 heavy (non-hydrogen) atoms. The van der Waals surface area contributed by atoms with Crippen molar-refractivity contribution in [2.24, 2.45) is 0 Å². The quantitative estimate of drug-likeness (QED) is 0.546. The molecule has 1 aliphatic rings. The number of rotatable bonds is 8. The third-order valence-electron chi connectivity index (χ3n) is 4.76. The molecule has 6 heteroatoms.